The van der Waals surface area contributed by atoms with Crippen LogP contribution in [0.15, 0.2) is 0 Å². The minimum absolute atomic E-state index is 0.361. The topological polar surface area (TPSA) is 35.2 Å². The third kappa shape index (κ3) is 2.94. The molecule has 0 heterocycles. The third-order valence-electron chi connectivity index (χ3n) is 4.40. The third-order valence-corrected chi connectivity index (χ3v) is 4.40. The van der Waals surface area contributed by atoms with Crippen molar-refractivity contribution in [3.05, 3.63) is 0 Å². The Bertz CT molecular complexity index is 175. The monoisotopic (exact) mass is 213 g/mol. The smallest absolute Gasteiger partial charge is 0.0465 e. The fraction of sp³-hybridized carbons (Fsp3) is 1.00. The highest BCUT2D eigenvalue weighted by Gasteiger charge is 2.39. The van der Waals surface area contributed by atoms with Crippen LogP contribution in [0.3, 0.4) is 0 Å². The van der Waals surface area contributed by atoms with Gasteiger partial charge in [0.05, 0.1) is 0 Å². The Morgan fingerprint density at radius 1 is 1.33 bits per heavy atom. The summed E-state index contributed by atoms with van der Waals surface area (Å²) < 4.78 is 5.14. The van der Waals surface area contributed by atoms with E-state index in [1.807, 2.05) is 0 Å². The minimum atomic E-state index is 0.361. The average Bonchev–Trinajstić information content (AvgIpc) is 2.74. The number of methoxy groups -OCH3 is 1. The maximum Gasteiger partial charge on any atom is 0.0465 e. The summed E-state index contributed by atoms with van der Waals surface area (Å²) in [5.74, 6) is 0.586. The minimum Gasteiger partial charge on any atom is -0.385 e. The van der Waals surface area contributed by atoms with Crippen LogP contribution >= 0.6 is 0 Å². The molecular formula is C13H27NO. The van der Waals surface area contributed by atoms with Crippen molar-refractivity contribution in [2.75, 3.05) is 13.7 Å². The Labute approximate surface area is 94.6 Å². The summed E-state index contributed by atoms with van der Waals surface area (Å²) in [6.45, 7) is 5.42. The molecule has 1 fully saturated rings. The molecule has 15 heavy (non-hydrogen) atoms. The van der Waals surface area contributed by atoms with Crippen molar-refractivity contribution >= 4 is 0 Å². The van der Waals surface area contributed by atoms with Crippen LogP contribution in [-0.4, -0.2) is 19.8 Å². The molecule has 90 valence electrons. The zero-order valence-corrected chi connectivity index (χ0v) is 10.6. The Balaban J connectivity index is 2.51. The van der Waals surface area contributed by atoms with Gasteiger partial charge in [0, 0.05) is 19.8 Å². The SMILES string of the molecule is CCC1(C(N)C(C)CCOC)CCCC1. The van der Waals surface area contributed by atoms with Crippen LogP contribution in [0.5, 0.6) is 0 Å². The van der Waals surface area contributed by atoms with E-state index in [1.165, 1.54) is 32.1 Å². The lowest BCUT2D eigenvalue weighted by Gasteiger charge is -2.38. The van der Waals surface area contributed by atoms with E-state index in [9.17, 15) is 0 Å². The van der Waals surface area contributed by atoms with Crippen LogP contribution in [-0.2, 0) is 4.74 Å². The Kier molecular flexibility index (Phi) is 5.07. The molecule has 0 saturated heterocycles. The highest BCUT2D eigenvalue weighted by molar-refractivity contribution is 4.94. The average molecular weight is 213 g/mol. The highest BCUT2D eigenvalue weighted by Crippen LogP contribution is 2.45. The number of hydrogen-bond acceptors (Lipinski definition) is 2. The molecule has 0 bridgehead atoms. The molecule has 0 aromatic heterocycles. The summed E-state index contributed by atoms with van der Waals surface area (Å²) in [6.07, 6.45) is 7.76. The van der Waals surface area contributed by atoms with E-state index in [2.05, 4.69) is 13.8 Å². The summed E-state index contributed by atoms with van der Waals surface area (Å²) in [5.41, 5.74) is 6.89. The van der Waals surface area contributed by atoms with Gasteiger partial charge in [-0.3, -0.25) is 0 Å². The number of hydrogen-bond donors (Lipinski definition) is 1. The van der Waals surface area contributed by atoms with Crippen molar-refractivity contribution in [1.29, 1.82) is 0 Å². The van der Waals surface area contributed by atoms with E-state index in [0.29, 0.717) is 17.4 Å². The van der Waals surface area contributed by atoms with Crippen LogP contribution < -0.4 is 5.73 Å². The lowest BCUT2D eigenvalue weighted by atomic mass is 9.71. The van der Waals surface area contributed by atoms with Crippen molar-refractivity contribution in [3.63, 3.8) is 0 Å². The molecule has 1 rings (SSSR count). The Hall–Kier alpha value is -0.0800. The maximum atomic E-state index is 6.45. The number of ether oxygens (including phenoxy) is 1. The zero-order valence-electron chi connectivity index (χ0n) is 10.6. The first-order valence-corrected chi connectivity index (χ1v) is 6.41. The molecular weight excluding hydrogens is 186 g/mol. The molecule has 0 aromatic carbocycles. The number of rotatable bonds is 6. The molecule has 1 saturated carbocycles. The highest BCUT2D eigenvalue weighted by atomic mass is 16.5. The number of nitrogens with two attached hydrogens (primary N) is 1. The lowest BCUT2D eigenvalue weighted by molar-refractivity contribution is 0.130. The molecule has 0 radical (unpaired) electrons. The second-order valence-electron chi connectivity index (χ2n) is 5.21. The fourth-order valence-corrected chi connectivity index (χ4v) is 3.09. The van der Waals surface area contributed by atoms with Gasteiger partial charge in [-0.05, 0) is 37.0 Å². The first kappa shape index (κ1) is 13.0. The second-order valence-corrected chi connectivity index (χ2v) is 5.21. The summed E-state index contributed by atoms with van der Waals surface area (Å²) in [4.78, 5) is 0. The molecule has 0 spiro atoms. The Morgan fingerprint density at radius 2 is 1.93 bits per heavy atom. The van der Waals surface area contributed by atoms with Gasteiger partial charge >= 0.3 is 0 Å². The molecule has 2 N–H and O–H groups in total. The van der Waals surface area contributed by atoms with Gasteiger partial charge in [-0.15, -0.1) is 0 Å². The van der Waals surface area contributed by atoms with Gasteiger partial charge in [-0.1, -0.05) is 26.7 Å². The summed E-state index contributed by atoms with van der Waals surface area (Å²) in [7, 11) is 1.77. The quantitative estimate of drug-likeness (QED) is 0.736. The van der Waals surface area contributed by atoms with E-state index < -0.39 is 0 Å². The van der Waals surface area contributed by atoms with Crippen LogP contribution in [0.25, 0.3) is 0 Å². The standard InChI is InChI=1S/C13H27NO/c1-4-13(8-5-6-9-13)12(14)11(2)7-10-15-3/h11-12H,4-10,14H2,1-3H3. The first-order valence-electron chi connectivity index (χ1n) is 6.41. The summed E-state index contributed by atoms with van der Waals surface area (Å²) >= 11 is 0. The molecule has 0 amide bonds. The van der Waals surface area contributed by atoms with Gasteiger partial charge in [0.25, 0.3) is 0 Å². The molecule has 0 aromatic rings. The summed E-state index contributed by atoms with van der Waals surface area (Å²) in [6, 6.07) is 0.361. The van der Waals surface area contributed by atoms with E-state index in [-0.39, 0.29) is 0 Å². The van der Waals surface area contributed by atoms with Crippen molar-refractivity contribution in [2.24, 2.45) is 17.1 Å². The molecule has 2 unspecified atom stereocenters. The van der Waals surface area contributed by atoms with Crippen molar-refractivity contribution in [2.45, 2.75) is 58.4 Å². The van der Waals surface area contributed by atoms with Crippen molar-refractivity contribution in [1.82, 2.24) is 0 Å². The molecule has 2 heteroatoms. The van der Waals surface area contributed by atoms with Crippen LogP contribution in [0.1, 0.15) is 52.4 Å². The fourth-order valence-electron chi connectivity index (χ4n) is 3.09. The Morgan fingerprint density at radius 3 is 2.40 bits per heavy atom. The van der Waals surface area contributed by atoms with Gasteiger partial charge in [0.2, 0.25) is 0 Å². The largest absolute Gasteiger partial charge is 0.385 e. The van der Waals surface area contributed by atoms with E-state index in [0.717, 1.165) is 13.0 Å². The van der Waals surface area contributed by atoms with Gasteiger partial charge in [-0.2, -0.15) is 0 Å². The van der Waals surface area contributed by atoms with Gasteiger partial charge < -0.3 is 10.5 Å². The first-order chi connectivity index (χ1) is 7.16. The molecule has 1 aliphatic rings. The van der Waals surface area contributed by atoms with Crippen molar-refractivity contribution < 1.29 is 4.74 Å². The second kappa shape index (κ2) is 5.86. The van der Waals surface area contributed by atoms with Crippen LogP contribution in [0, 0.1) is 11.3 Å². The van der Waals surface area contributed by atoms with Crippen molar-refractivity contribution in [3.8, 4) is 0 Å². The van der Waals surface area contributed by atoms with Gasteiger partial charge in [-0.25, -0.2) is 0 Å². The maximum absolute atomic E-state index is 6.45. The molecule has 1 aliphatic carbocycles. The molecule has 2 atom stereocenters. The lowest BCUT2D eigenvalue weighted by Crippen LogP contribution is -2.44. The zero-order chi connectivity index (χ0) is 11.3. The predicted molar refractivity (Wildman–Crippen MR) is 64.8 cm³/mol. The van der Waals surface area contributed by atoms with E-state index in [1.54, 1.807) is 7.11 Å². The van der Waals surface area contributed by atoms with Crippen LogP contribution in [0.4, 0.5) is 0 Å². The van der Waals surface area contributed by atoms with E-state index in [4.69, 9.17) is 10.5 Å². The molecule has 2 nitrogen and oxygen atoms in total. The van der Waals surface area contributed by atoms with Gasteiger partial charge in [0.15, 0.2) is 0 Å². The predicted octanol–water partition coefficient (Wildman–Crippen LogP) is 2.96. The molecule has 0 aliphatic heterocycles. The van der Waals surface area contributed by atoms with Gasteiger partial charge in [0.1, 0.15) is 0 Å². The van der Waals surface area contributed by atoms with Crippen LogP contribution in [0.2, 0.25) is 0 Å². The normalized spacial score (nSPS) is 24.0. The van der Waals surface area contributed by atoms with E-state index >= 15 is 0 Å². The summed E-state index contributed by atoms with van der Waals surface area (Å²) in [5, 5.41) is 0.